The average Bonchev–Trinajstić information content (AvgIpc) is 2.87. The van der Waals surface area contributed by atoms with Crippen molar-refractivity contribution in [3.8, 4) is 11.5 Å². The van der Waals surface area contributed by atoms with E-state index in [9.17, 15) is 0 Å². The number of hydrogen-bond acceptors (Lipinski definition) is 4. The Morgan fingerprint density at radius 2 is 1.83 bits per heavy atom. The summed E-state index contributed by atoms with van der Waals surface area (Å²) < 4.78 is 16.4. The van der Waals surface area contributed by atoms with Gasteiger partial charge in [0, 0.05) is 0 Å². The third kappa shape index (κ3) is 2.28. The van der Waals surface area contributed by atoms with Crippen LogP contribution in [0.15, 0.2) is 23.2 Å². The molecular formula is C14H19NO3. The van der Waals surface area contributed by atoms with Crippen LogP contribution in [-0.2, 0) is 4.74 Å². The molecule has 0 aromatic heterocycles. The molecule has 1 heterocycles. The molecule has 2 rings (SSSR count). The summed E-state index contributed by atoms with van der Waals surface area (Å²) in [6.07, 6.45) is 0. The van der Waals surface area contributed by atoms with E-state index in [-0.39, 0.29) is 6.04 Å². The first-order valence-corrected chi connectivity index (χ1v) is 6.09. The topological polar surface area (TPSA) is 40.0 Å². The second kappa shape index (κ2) is 5.29. The highest BCUT2D eigenvalue weighted by molar-refractivity contribution is 6.00. The van der Waals surface area contributed by atoms with E-state index in [0.717, 1.165) is 17.1 Å². The van der Waals surface area contributed by atoms with Crippen LogP contribution in [0, 0.1) is 5.92 Å². The number of rotatable bonds is 4. The second-order valence-corrected chi connectivity index (χ2v) is 4.59. The molecule has 18 heavy (non-hydrogen) atoms. The van der Waals surface area contributed by atoms with Crippen LogP contribution in [0.1, 0.15) is 19.4 Å². The van der Waals surface area contributed by atoms with Crippen molar-refractivity contribution in [3.05, 3.63) is 23.8 Å². The van der Waals surface area contributed by atoms with Crippen molar-refractivity contribution < 1.29 is 14.2 Å². The van der Waals surface area contributed by atoms with E-state index in [2.05, 4.69) is 18.8 Å². The Kier molecular flexibility index (Phi) is 3.75. The third-order valence-corrected chi connectivity index (χ3v) is 3.09. The number of aliphatic imine (C=N–C) groups is 1. The molecule has 0 amide bonds. The smallest absolute Gasteiger partial charge is 0.224 e. The largest absolute Gasteiger partial charge is 0.496 e. The van der Waals surface area contributed by atoms with Crippen LogP contribution in [0.4, 0.5) is 0 Å². The first-order chi connectivity index (χ1) is 8.67. The van der Waals surface area contributed by atoms with Crippen LogP contribution in [-0.4, -0.2) is 32.8 Å². The van der Waals surface area contributed by atoms with Gasteiger partial charge in [-0.3, -0.25) is 0 Å². The molecule has 1 atom stereocenters. The Morgan fingerprint density at radius 3 is 2.28 bits per heavy atom. The van der Waals surface area contributed by atoms with Gasteiger partial charge in [-0.1, -0.05) is 19.9 Å². The number of ether oxygens (including phenoxy) is 3. The van der Waals surface area contributed by atoms with Crippen molar-refractivity contribution in [2.75, 3.05) is 20.8 Å². The maximum absolute atomic E-state index is 5.69. The Balaban J connectivity index is 2.41. The monoisotopic (exact) mass is 249 g/mol. The molecule has 0 bridgehead atoms. The van der Waals surface area contributed by atoms with E-state index < -0.39 is 0 Å². The molecule has 0 radical (unpaired) electrons. The van der Waals surface area contributed by atoms with E-state index >= 15 is 0 Å². The zero-order valence-corrected chi connectivity index (χ0v) is 11.3. The van der Waals surface area contributed by atoms with Crippen LogP contribution in [0.5, 0.6) is 11.5 Å². The predicted molar refractivity (Wildman–Crippen MR) is 70.7 cm³/mol. The molecule has 4 nitrogen and oxygen atoms in total. The van der Waals surface area contributed by atoms with Gasteiger partial charge in [-0.25, -0.2) is 4.99 Å². The fourth-order valence-electron chi connectivity index (χ4n) is 1.93. The zero-order valence-electron chi connectivity index (χ0n) is 11.3. The molecule has 0 aliphatic carbocycles. The first-order valence-electron chi connectivity index (χ1n) is 6.09. The number of methoxy groups -OCH3 is 2. The number of nitrogens with zero attached hydrogens (tertiary/aromatic N) is 1. The van der Waals surface area contributed by atoms with Crippen LogP contribution in [0.2, 0.25) is 0 Å². The number of benzene rings is 1. The van der Waals surface area contributed by atoms with Gasteiger partial charge < -0.3 is 14.2 Å². The van der Waals surface area contributed by atoms with Crippen molar-refractivity contribution in [2.45, 2.75) is 19.9 Å². The molecule has 0 saturated carbocycles. The first kappa shape index (κ1) is 12.7. The highest BCUT2D eigenvalue weighted by atomic mass is 16.5. The van der Waals surface area contributed by atoms with Gasteiger partial charge in [0.25, 0.3) is 0 Å². The molecule has 98 valence electrons. The molecule has 1 aliphatic heterocycles. The normalized spacial score (nSPS) is 18.5. The molecule has 1 aromatic carbocycles. The van der Waals surface area contributed by atoms with Crippen molar-refractivity contribution in [1.29, 1.82) is 0 Å². The molecule has 0 N–H and O–H groups in total. The minimum atomic E-state index is 0.203. The van der Waals surface area contributed by atoms with Gasteiger partial charge in [0.1, 0.15) is 23.7 Å². The Morgan fingerprint density at radius 1 is 1.22 bits per heavy atom. The summed E-state index contributed by atoms with van der Waals surface area (Å²) in [5.74, 6) is 2.52. The minimum absolute atomic E-state index is 0.203. The molecule has 0 fully saturated rings. The van der Waals surface area contributed by atoms with E-state index in [1.807, 2.05) is 18.2 Å². The molecule has 0 spiro atoms. The summed E-state index contributed by atoms with van der Waals surface area (Å²) in [4.78, 5) is 4.61. The van der Waals surface area contributed by atoms with Gasteiger partial charge >= 0.3 is 0 Å². The second-order valence-electron chi connectivity index (χ2n) is 4.59. The van der Waals surface area contributed by atoms with Crippen molar-refractivity contribution in [3.63, 3.8) is 0 Å². The highest BCUT2D eigenvalue weighted by Crippen LogP contribution is 2.31. The summed E-state index contributed by atoms with van der Waals surface area (Å²) in [5, 5.41) is 0. The molecule has 0 saturated heterocycles. The predicted octanol–water partition coefficient (Wildman–Crippen LogP) is 2.51. The maximum atomic E-state index is 5.69. The zero-order chi connectivity index (χ0) is 13.1. The van der Waals surface area contributed by atoms with E-state index in [4.69, 9.17) is 14.2 Å². The van der Waals surface area contributed by atoms with Crippen LogP contribution < -0.4 is 9.47 Å². The van der Waals surface area contributed by atoms with Crippen molar-refractivity contribution in [2.24, 2.45) is 10.9 Å². The van der Waals surface area contributed by atoms with Gasteiger partial charge in [-0.2, -0.15) is 0 Å². The molecule has 1 unspecified atom stereocenters. The van der Waals surface area contributed by atoms with E-state index in [1.165, 1.54) is 0 Å². The fourth-order valence-corrected chi connectivity index (χ4v) is 1.93. The van der Waals surface area contributed by atoms with Gasteiger partial charge in [0.05, 0.1) is 20.3 Å². The maximum Gasteiger partial charge on any atom is 0.224 e. The molecule has 4 heteroatoms. The lowest BCUT2D eigenvalue weighted by Crippen LogP contribution is -2.13. The van der Waals surface area contributed by atoms with Crippen LogP contribution in [0.25, 0.3) is 0 Å². The number of hydrogen-bond donors (Lipinski definition) is 0. The quantitative estimate of drug-likeness (QED) is 0.823. The SMILES string of the molecule is COc1cccc(OC)c1C1=NC(C(C)C)CO1. The highest BCUT2D eigenvalue weighted by Gasteiger charge is 2.27. The van der Waals surface area contributed by atoms with E-state index in [1.54, 1.807) is 14.2 Å². The molecular weight excluding hydrogens is 230 g/mol. The Bertz CT molecular complexity index is 432. The summed E-state index contributed by atoms with van der Waals surface area (Å²) in [6, 6.07) is 5.85. The van der Waals surface area contributed by atoms with E-state index in [0.29, 0.717) is 18.4 Å². The summed E-state index contributed by atoms with van der Waals surface area (Å²) >= 11 is 0. The molecule has 1 aliphatic rings. The average molecular weight is 249 g/mol. The Hall–Kier alpha value is -1.71. The lowest BCUT2D eigenvalue weighted by molar-refractivity contribution is 0.289. The van der Waals surface area contributed by atoms with Gasteiger partial charge in [0.15, 0.2) is 0 Å². The lowest BCUT2D eigenvalue weighted by atomic mass is 10.1. The molecule has 1 aromatic rings. The third-order valence-electron chi connectivity index (χ3n) is 3.09. The van der Waals surface area contributed by atoms with Gasteiger partial charge in [-0.05, 0) is 18.1 Å². The van der Waals surface area contributed by atoms with Crippen LogP contribution in [0.3, 0.4) is 0 Å². The minimum Gasteiger partial charge on any atom is -0.496 e. The lowest BCUT2D eigenvalue weighted by Gasteiger charge is -2.12. The fraction of sp³-hybridized carbons (Fsp3) is 0.500. The van der Waals surface area contributed by atoms with Gasteiger partial charge in [0.2, 0.25) is 5.90 Å². The van der Waals surface area contributed by atoms with Gasteiger partial charge in [-0.15, -0.1) is 0 Å². The van der Waals surface area contributed by atoms with Crippen molar-refractivity contribution >= 4 is 5.90 Å². The summed E-state index contributed by atoms with van der Waals surface area (Å²) in [5.41, 5.74) is 0.797. The summed E-state index contributed by atoms with van der Waals surface area (Å²) in [6.45, 7) is 4.90. The van der Waals surface area contributed by atoms with Crippen molar-refractivity contribution in [1.82, 2.24) is 0 Å². The Labute approximate surface area is 108 Å². The van der Waals surface area contributed by atoms with Crippen LogP contribution >= 0.6 is 0 Å². The standard InChI is InChI=1S/C14H19NO3/c1-9(2)10-8-18-14(15-10)13-11(16-3)6-5-7-12(13)17-4/h5-7,9-10H,8H2,1-4H3. The summed E-state index contributed by atoms with van der Waals surface area (Å²) in [7, 11) is 3.27.